The number of fused-ring (bicyclic) bond motifs is 5. The van der Waals surface area contributed by atoms with Crippen molar-refractivity contribution in [1.29, 1.82) is 0 Å². The molecule has 7 atom stereocenters. The number of aromatic nitrogens is 1. The Morgan fingerprint density at radius 3 is 2.00 bits per heavy atom. The Balaban J connectivity index is 1.29. The molecule has 0 aliphatic carbocycles. The number of aliphatic imine (C=N–C) groups is 1. The number of amides is 10. The molecule has 0 saturated carbocycles. The van der Waals surface area contributed by atoms with E-state index in [1.165, 1.54) is 9.80 Å². The van der Waals surface area contributed by atoms with E-state index in [4.69, 9.17) is 22.9 Å². The number of hydrogen-bond acceptors (Lipinski definition) is 10. The van der Waals surface area contributed by atoms with Gasteiger partial charge in [-0.25, -0.2) is 4.79 Å². The molecule has 23 nitrogen and oxygen atoms in total. The Morgan fingerprint density at radius 2 is 1.34 bits per heavy atom. The number of nitrogens with two attached hydrogens (primary N) is 4. The van der Waals surface area contributed by atoms with Gasteiger partial charge in [0, 0.05) is 62.5 Å². The fourth-order valence-electron chi connectivity index (χ4n) is 10.2. The molecule has 1 fully saturated rings. The van der Waals surface area contributed by atoms with Crippen LogP contribution < -0.4 is 54.8 Å². The van der Waals surface area contributed by atoms with Gasteiger partial charge in [0.2, 0.25) is 47.3 Å². The zero-order valence-electron chi connectivity index (χ0n) is 43.2. The molecule has 1 saturated heterocycles. The number of hydrogen-bond donors (Lipinski definition) is 11. The number of urea groups is 1. The second kappa shape index (κ2) is 26.3. The number of H-pyrrole nitrogens is 1. The molecule has 7 rings (SSSR count). The number of aromatic amines is 1. The Hall–Kier alpha value is -8.50. The van der Waals surface area contributed by atoms with Gasteiger partial charge in [-0.3, -0.25) is 43.3 Å². The van der Waals surface area contributed by atoms with Gasteiger partial charge in [-0.15, -0.1) is 0 Å². The minimum absolute atomic E-state index is 0.00442. The van der Waals surface area contributed by atoms with E-state index in [0.717, 1.165) is 27.6 Å². The fourth-order valence-corrected chi connectivity index (χ4v) is 10.2. The number of nitrogens with zero attached hydrogens (tertiary/aromatic N) is 3. The van der Waals surface area contributed by atoms with E-state index in [9.17, 15) is 28.8 Å². The summed E-state index contributed by atoms with van der Waals surface area (Å²) in [7, 11) is 0. The molecule has 23 heteroatoms. The monoisotopic (exact) mass is 1060 g/mol. The van der Waals surface area contributed by atoms with Crippen molar-refractivity contribution >= 4 is 70.2 Å². The summed E-state index contributed by atoms with van der Waals surface area (Å²) in [5.74, 6) is -6.02. The van der Waals surface area contributed by atoms with Crippen molar-refractivity contribution < 1.29 is 43.2 Å². The van der Waals surface area contributed by atoms with Crippen LogP contribution in [0.2, 0.25) is 0 Å². The first-order valence-electron chi connectivity index (χ1n) is 26.2. The minimum atomic E-state index is -1.56. The highest BCUT2D eigenvalue weighted by molar-refractivity contribution is 5.99. The molecule has 15 N–H and O–H groups in total. The predicted octanol–water partition coefficient (Wildman–Crippen LogP) is 0.0128. The molecular formula is C54H70N14O9. The molecule has 3 aliphatic rings. The van der Waals surface area contributed by atoms with E-state index in [2.05, 4.69) is 41.9 Å². The van der Waals surface area contributed by atoms with Crippen molar-refractivity contribution in [3.63, 3.8) is 0 Å². The van der Waals surface area contributed by atoms with Crippen LogP contribution in [-0.4, -0.2) is 129 Å². The van der Waals surface area contributed by atoms with Crippen molar-refractivity contribution in [2.24, 2.45) is 27.9 Å². The zero-order chi connectivity index (χ0) is 55.2. The number of primary amides is 2. The molecule has 4 heterocycles. The van der Waals surface area contributed by atoms with Crippen molar-refractivity contribution in [2.45, 2.75) is 139 Å². The maximum atomic E-state index is 15.6. The number of carbonyl (C=O) groups is 9. The van der Waals surface area contributed by atoms with E-state index in [-0.39, 0.29) is 89.9 Å². The lowest BCUT2D eigenvalue weighted by atomic mass is 9.89. The molecule has 4 aromatic rings. The van der Waals surface area contributed by atoms with E-state index in [0.29, 0.717) is 24.0 Å². The van der Waals surface area contributed by atoms with Crippen LogP contribution in [0.1, 0.15) is 92.5 Å². The van der Waals surface area contributed by atoms with Crippen molar-refractivity contribution in [2.75, 3.05) is 13.1 Å². The summed E-state index contributed by atoms with van der Waals surface area (Å²) in [6, 6.07) is 11.9. The van der Waals surface area contributed by atoms with Crippen LogP contribution in [0.25, 0.3) is 10.9 Å². The highest BCUT2D eigenvalue weighted by atomic mass is 16.2. The number of rotatable bonds is 13. The number of guanidine groups is 1. The number of nitrogens with one attached hydrogen (secondary N) is 7. The quantitative estimate of drug-likeness (QED) is 0.0482. The molecule has 0 radical (unpaired) electrons. The Bertz CT molecular complexity index is 2870. The average Bonchev–Trinajstić information content (AvgIpc) is 3.82. The van der Waals surface area contributed by atoms with Gasteiger partial charge >= 0.3 is 6.03 Å². The first kappa shape index (κ1) is 56.2. The van der Waals surface area contributed by atoms with Gasteiger partial charge in [0.05, 0.1) is 6.42 Å². The van der Waals surface area contributed by atoms with E-state index in [1.807, 2.05) is 67.6 Å². The normalized spacial score (nSPS) is 22.3. The molecule has 3 aliphatic heterocycles. The van der Waals surface area contributed by atoms with Crippen LogP contribution in [0.5, 0.6) is 0 Å². The van der Waals surface area contributed by atoms with Gasteiger partial charge in [0.25, 0.3) is 0 Å². The zero-order valence-corrected chi connectivity index (χ0v) is 43.2. The fraction of sp³-hybridized carbons (Fsp3) is 0.444. The second-order valence-electron chi connectivity index (χ2n) is 19.8. The largest absolute Gasteiger partial charge is 0.370 e. The molecule has 10 amide bonds. The maximum Gasteiger partial charge on any atom is 0.312 e. The average molecular weight is 1060 g/mol. The predicted molar refractivity (Wildman–Crippen MR) is 285 cm³/mol. The second-order valence-corrected chi connectivity index (χ2v) is 19.8. The van der Waals surface area contributed by atoms with Gasteiger partial charge in [-0.05, 0) is 72.4 Å². The van der Waals surface area contributed by atoms with Gasteiger partial charge < -0.3 is 69.6 Å². The van der Waals surface area contributed by atoms with Crippen LogP contribution in [-0.2, 0) is 70.7 Å². The van der Waals surface area contributed by atoms with Crippen LogP contribution in [0.4, 0.5) is 4.79 Å². The van der Waals surface area contributed by atoms with E-state index >= 15 is 14.4 Å². The molecule has 3 aromatic carbocycles. The van der Waals surface area contributed by atoms with Crippen LogP contribution in [0, 0.1) is 0 Å². The molecule has 1 aromatic heterocycles. The standard InChI is InChI=1S/C54H70N14O9/c1-2-3-18-40(66-54(58)77)48(72)65-42-27-45(69)59-22-11-10-20-38(46(55)70)62-49(73)41(24-35-28-61-37-19-9-8-17-36(35)37)64-47(71)39(21-12-23-60-53(56)57)63-50(74)43-25-31-13-4-6-15-33(31)29-67(43)52(76)44-26-32-14-5-7-16-34(32)30-68(44)51(42)75/h4-9,13-17,19,28,38-44,61H,2-3,10-12,18,20-27,29-30H2,1H3,(H2,55,70)(H,59,69)(H,62,73)(H,63,74)(H,64,71)(H,65,72)(H4,56,57,60)(H3,58,66,77)/t38-,39-,40-,41-,42-,43+,44-/m0/s1. The Labute approximate surface area is 445 Å². The van der Waals surface area contributed by atoms with Crippen molar-refractivity contribution in [3.8, 4) is 0 Å². The number of para-hydroxylation sites is 1. The summed E-state index contributed by atoms with van der Waals surface area (Å²) < 4.78 is 0. The third kappa shape index (κ3) is 14.7. The number of carbonyl (C=O) groups excluding carboxylic acids is 9. The summed E-state index contributed by atoms with van der Waals surface area (Å²) in [5, 5.41) is 17.2. The SMILES string of the molecule is CCCC[C@H](NC(N)=O)C(=O)N[C@H]1CC(=O)NCCCC[C@@H](C(N)=O)NC(=O)[C@H](Cc2c[nH]c3ccccc23)NC(=O)[C@H](CCCN=C(N)N)NC(=O)[C@H]2Cc3ccccc3CN2C(=O)[C@@H]2Cc3ccccc3CN2C1=O. The molecular weight excluding hydrogens is 989 g/mol. The summed E-state index contributed by atoms with van der Waals surface area (Å²) in [6.45, 7) is 1.86. The molecule has 77 heavy (non-hydrogen) atoms. The maximum absolute atomic E-state index is 15.6. The van der Waals surface area contributed by atoms with Gasteiger partial charge in [0.15, 0.2) is 5.96 Å². The van der Waals surface area contributed by atoms with Crippen LogP contribution in [0.3, 0.4) is 0 Å². The first-order valence-corrected chi connectivity index (χ1v) is 26.2. The lowest BCUT2D eigenvalue weighted by Gasteiger charge is -2.43. The van der Waals surface area contributed by atoms with E-state index < -0.39 is 102 Å². The molecule has 0 bridgehead atoms. The van der Waals surface area contributed by atoms with Crippen LogP contribution in [0.15, 0.2) is 84.0 Å². The Morgan fingerprint density at radius 1 is 0.714 bits per heavy atom. The lowest BCUT2D eigenvalue weighted by Crippen LogP contribution is -2.63. The lowest BCUT2D eigenvalue weighted by molar-refractivity contribution is -0.153. The third-order valence-electron chi connectivity index (χ3n) is 14.3. The first-order chi connectivity index (χ1) is 37.0. The molecule has 410 valence electrons. The topological polar surface area (TPSA) is 365 Å². The van der Waals surface area contributed by atoms with E-state index in [1.54, 1.807) is 18.3 Å². The van der Waals surface area contributed by atoms with Crippen LogP contribution >= 0.6 is 0 Å². The highest BCUT2D eigenvalue weighted by Crippen LogP contribution is 2.31. The van der Waals surface area contributed by atoms with Gasteiger partial charge in [-0.1, -0.05) is 86.5 Å². The van der Waals surface area contributed by atoms with Gasteiger partial charge in [-0.2, -0.15) is 0 Å². The number of unbranched alkanes of at least 4 members (excludes halogenated alkanes) is 1. The van der Waals surface area contributed by atoms with Crippen molar-refractivity contribution in [1.82, 2.24) is 46.7 Å². The summed E-state index contributed by atoms with van der Waals surface area (Å²) in [4.78, 5) is 138. The summed E-state index contributed by atoms with van der Waals surface area (Å²) >= 11 is 0. The smallest absolute Gasteiger partial charge is 0.312 e. The Kier molecular flexibility index (Phi) is 19.2. The van der Waals surface area contributed by atoms with Crippen molar-refractivity contribution in [3.05, 3.63) is 107 Å². The summed E-state index contributed by atoms with van der Waals surface area (Å²) in [5.41, 5.74) is 27.0. The molecule has 0 unspecified atom stereocenters. The number of benzene rings is 3. The third-order valence-corrected chi connectivity index (χ3v) is 14.3. The summed E-state index contributed by atoms with van der Waals surface area (Å²) in [6.07, 6.45) is 3.24. The minimum Gasteiger partial charge on any atom is -0.370 e. The molecule has 0 spiro atoms. The van der Waals surface area contributed by atoms with Gasteiger partial charge in [0.1, 0.15) is 42.3 Å². The highest BCUT2D eigenvalue weighted by Gasteiger charge is 2.45.